The molecule has 6 heteroatoms. The van der Waals surface area contributed by atoms with Gasteiger partial charge >= 0.3 is 6.18 Å². The molecule has 1 heterocycles. The van der Waals surface area contributed by atoms with Crippen LogP contribution >= 0.6 is 15.9 Å². The molecule has 0 bridgehead atoms. The van der Waals surface area contributed by atoms with Crippen LogP contribution in [0.15, 0.2) is 34.3 Å². The maximum absolute atomic E-state index is 12.5. The van der Waals surface area contributed by atoms with Crippen LogP contribution in [0.1, 0.15) is 12.0 Å². The van der Waals surface area contributed by atoms with Gasteiger partial charge in [0.05, 0.1) is 11.3 Å². The average Bonchev–Trinajstić information content (AvgIpc) is 2.38. The number of anilines is 1. The monoisotopic (exact) mass is 330 g/mol. The number of halogens is 4. The quantitative estimate of drug-likeness (QED) is 0.727. The second kappa shape index (κ2) is 5.25. The Kier molecular flexibility index (Phi) is 3.85. The zero-order chi connectivity index (χ0) is 14.0. The summed E-state index contributed by atoms with van der Waals surface area (Å²) in [6, 6.07) is 7.21. The van der Waals surface area contributed by atoms with Gasteiger partial charge in [-0.05, 0) is 24.6 Å². The first-order valence-electron chi connectivity index (χ1n) is 5.62. The molecule has 2 rings (SSSR count). The molecule has 100 valence electrons. The summed E-state index contributed by atoms with van der Waals surface area (Å²) < 4.78 is 38.4. The summed E-state index contributed by atoms with van der Waals surface area (Å²) in [5.41, 5.74) is 0.638. The lowest BCUT2D eigenvalue weighted by molar-refractivity contribution is -0.0943. The third-order valence-electron chi connectivity index (χ3n) is 2.99. The van der Waals surface area contributed by atoms with Gasteiger partial charge in [0.1, 0.15) is 6.07 Å². The van der Waals surface area contributed by atoms with Gasteiger partial charge in [0.25, 0.3) is 0 Å². The zero-order valence-corrected chi connectivity index (χ0v) is 11.4. The van der Waals surface area contributed by atoms with E-state index >= 15 is 0 Å². The Morgan fingerprint density at radius 2 is 2.05 bits per heavy atom. The lowest BCUT2D eigenvalue weighted by Crippen LogP contribution is -2.32. The van der Waals surface area contributed by atoms with Crippen LogP contribution in [0.2, 0.25) is 0 Å². The van der Waals surface area contributed by atoms with Gasteiger partial charge in [0.2, 0.25) is 0 Å². The van der Waals surface area contributed by atoms with Gasteiger partial charge in [-0.3, -0.25) is 0 Å². The van der Waals surface area contributed by atoms with E-state index in [1.807, 2.05) is 0 Å². The summed E-state index contributed by atoms with van der Waals surface area (Å²) in [5.74, 6) is 0. The average molecular weight is 331 g/mol. The number of hydrogen-bond acceptors (Lipinski definition) is 2. The highest BCUT2D eigenvalue weighted by Gasteiger charge is 2.35. The Labute approximate surface area is 117 Å². The molecule has 19 heavy (non-hydrogen) atoms. The number of nitrogens with zero attached hydrogens (tertiary/aromatic N) is 2. The molecule has 0 atom stereocenters. The minimum Gasteiger partial charge on any atom is -0.366 e. The lowest BCUT2D eigenvalue weighted by Gasteiger charge is -2.29. The van der Waals surface area contributed by atoms with Crippen molar-refractivity contribution in [2.24, 2.45) is 0 Å². The maximum atomic E-state index is 12.5. The summed E-state index contributed by atoms with van der Waals surface area (Å²) in [7, 11) is 0. The van der Waals surface area contributed by atoms with Crippen molar-refractivity contribution in [2.75, 3.05) is 18.0 Å². The minimum absolute atomic E-state index is 0.0547. The summed E-state index contributed by atoms with van der Waals surface area (Å²) in [4.78, 5) is 1.78. The summed E-state index contributed by atoms with van der Waals surface area (Å²) >= 11 is 3.30. The first kappa shape index (κ1) is 13.9. The molecule has 0 aromatic heterocycles. The zero-order valence-electron chi connectivity index (χ0n) is 9.84. The molecular formula is C13H10BrF3N2. The molecule has 1 aromatic carbocycles. The summed E-state index contributed by atoms with van der Waals surface area (Å²) in [6.07, 6.45) is -3.12. The van der Waals surface area contributed by atoms with Crippen molar-refractivity contribution in [3.63, 3.8) is 0 Å². The first-order chi connectivity index (χ1) is 8.91. The molecule has 0 saturated carbocycles. The van der Waals surface area contributed by atoms with Gasteiger partial charge < -0.3 is 4.90 Å². The van der Waals surface area contributed by atoms with Crippen LogP contribution in [0.4, 0.5) is 18.9 Å². The van der Waals surface area contributed by atoms with E-state index in [0.717, 1.165) is 4.47 Å². The Bertz CT molecular complexity index is 558. The van der Waals surface area contributed by atoms with Gasteiger partial charge in [-0.15, -0.1) is 0 Å². The van der Waals surface area contributed by atoms with E-state index < -0.39 is 11.7 Å². The maximum Gasteiger partial charge on any atom is 0.412 e. The number of alkyl halides is 3. The molecule has 0 spiro atoms. The molecule has 1 aliphatic heterocycles. The molecule has 1 aliphatic rings. The van der Waals surface area contributed by atoms with Gasteiger partial charge in [-0.2, -0.15) is 18.4 Å². The standard InChI is InChI=1S/C13H10BrF3N2/c14-11-2-1-9(8-18)12(7-11)19-5-3-10(4-6-19)13(15,16)17/h1-3,7H,4-6H2. The van der Waals surface area contributed by atoms with Crippen molar-refractivity contribution >= 4 is 21.6 Å². The number of hydrogen-bond donors (Lipinski definition) is 0. The summed E-state index contributed by atoms with van der Waals surface area (Å²) in [5, 5.41) is 9.03. The third kappa shape index (κ3) is 3.10. The van der Waals surface area contributed by atoms with Crippen molar-refractivity contribution in [3.05, 3.63) is 39.9 Å². The SMILES string of the molecule is N#Cc1ccc(Br)cc1N1CC=C(C(F)(F)F)CC1. The molecule has 0 saturated heterocycles. The van der Waals surface area contributed by atoms with E-state index in [2.05, 4.69) is 22.0 Å². The van der Waals surface area contributed by atoms with Gasteiger partial charge in [0, 0.05) is 23.1 Å². The predicted octanol–water partition coefficient (Wildman–Crippen LogP) is 4.02. The van der Waals surface area contributed by atoms with Crippen LogP contribution in [0.3, 0.4) is 0 Å². The van der Waals surface area contributed by atoms with Crippen LogP contribution in [0.5, 0.6) is 0 Å². The van der Waals surface area contributed by atoms with E-state index in [1.54, 1.807) is 23.1 Å². The first-order valence-corrected chi connectivity index (χ1v) is 6.42. The van der Waals surface area contributed by atoms with Crippen LogP contribution in [-0.4, -0.2) is 19.3 Å². The normalized spacial score (nSPS) is 15.9. The van der Waals surface area contributed by atoms with Crippen molar-refractivity contribution < 1.29 is 13.2 Å². The highest BCUT2D eigenvalue weighted by molar-refractivity contribution is 9.10. The van der Waals surface area contributed by atoms with Crippen LogP contribution < -0.4 is 4.90 Å². The Morgan fingerprint density at radius 3 is 2.58 bits per heavy atom. The predicted molar refractivity (Wildman–Crippen MR) is 69.8 cm³/mol. The highest BCUT2D eigenvalue weighted by atomic mass is 79.9. The molecule has 0 N–H and O–H groups in total. The molecule has 2 nitrogen and oxygen atoms in total. The third-order valence-corrected chi connectivity index (χ3v) is 3.49. The largest absolute Gasteiger partial charge is 0.412 e. The summed E-state index contributed by atoms with van der Waals surface area (Å²) in [6.45, 7) is 0.427. The second-order valence-corrected chi connectivity index (χ2v) is 5.11. The number of benzene rings is 1. The van der Waals surface area contributed by atoms with Crippen LogP contribution in [0.25, 0.3) is 0 Å². The fraction of sp³-hybridized carbons (Fsp3) is 0.308. The Morgan fingerprint density at radius 1 is 1.32 bits per heavy atom. The van der Waals surface area contributed by atoms with Crippen molar-refractivity contribution in [1.82, 2.24) is 0 Å². The van der Waals surface area contributed by atoms with Crippen molar-refractivity contribution in [2.45, 2.75) is 12.6 Å². The van der Waals surface area contributed by atoms with E-state index in [9.17, 15) is 13.2 Å². The van der Waals surface area contributed by atoms with E-state index in [1.165, 1.54) is 6.08 Å². The van der Waals surface area contributed by atoms with Crippen LogP contribution in [0, 0.1) is 11.3 Å². The van der Waals surface area contributed by atoms with E-state index in [0.29, 0.717) is 11.3 Å². The molecule has 0 unspecified atom stereocenters. The van der Waals surface area contributed by atoms with Crippen molar-refractivity contribution in [3.8, 4) is 6.07 Å². The molecule has 0 aliphatic carbocycles. The van der Waals surface area contributed by atoms with Crippen molar-refractivity contribution in [1.29, 1.82) is 5.26 Å². The second-order valence-electron chi connectivity index (χ2n) is 4.20. The van der Waals surface area contributed by atoms with E-state index in [4.69, 9.17) is 5.26 Å². The number of rotatable bonds is 1. The lowest BCUT2D eigenvalue weighted by atomic mass is 10.1. The van der Waals surface area contributed by atoms with E-state index in [-0.39, 0.29) is 19.5 Å². The Hall–Kier alpha value is -1.48. The molecule has 1 aromatic rings. The van der Waals surface area contributed by atoms with Crippen LogP contribution in [-0.2, 0) is 0 Å². The van der Waals surface area contributed by atoms with Gasteiger partial charge in [-0.1, -0.05) is 22.0 Å². The minimum atomic E-state index is -4.25. The molecular weight excluding hydrogens is 321 g/mol. The fourth-order valence-electron chi connectivity index (χ4n) is 2.01. The smallest absolute Gasteiger partial charge is 0.366 e. The Balaban J connectivity index is 2.25. The molecule has 0 radical (unpaired) electrons. The van der Waals surface area contributed by atoms with Gasteiger partial charge in [0.15, 0.2) is 0 Å². The number of nitriles is 1. The molecule has 0 amide bonds. The highest BCUT2D eigenvalue weighted by Crippen LogP contribution is 2.33. The molecule has 0 fully saturated rings. The fourth-order valence-corrected chi connectivity index (χ4v) is 2.36. The topological polar surface area (TPSA) is 27.0 Å². The van der Waals surface area contributed by atoms with Gasteiger partial charge in [-0.25, -0.2) is 0 Å².